The molecule has 4 heteroatoms. The highest BCUT2D eigenvalue weighted by molar-refractivity contribution is 5.95. The Kier molecular flexibility index (Phi) is 5.88. The molecule has 0 saturated heterocycles. The molecule has 0 bridgehead atoms. The van der Waals surface area contributed by atoms with E-state index in [4.69, 9.17) is 0 Å². The molecule has 2 rings (SSSR count). The molecular formula is C19H22FNO2. The summed E-state index contributed by atoms with van der Waals surface area (Å²) in [5.74, 6) is -0.654. The SMILES string of the molecule is Cc1ccc(C[C@@H](CO)CNC(=O)c2ccc(F)cc2C)cc1. The summed E-state index contributed by atoms with van der Waals surface area (Å²) in [5.41, 5.74) is 3.37. The molecule has 0 unspecified atom stereocenters. The Morgan fingerprint density at radius 1 is 1.17 bits per heavy atom. The number of halogens is 1. The van der Waals surface area contributed by atoms with Crippen LogP contribution in [-0.4, -0.2) is 24.2 Å². The van der Waals surface area contributed by atoms with Gasteiger partial charge in [0, 0.05) is 24.6 Å². The number of hydrogen-bond donors (Lipinski definition) is 2. The van der Waals surface area contributed by atoms with Crippen LogP contribution in [0.2, 0.25) is 0 Å². The van der Waals surface area contributed by atoms with E-state index in [1.54, 1.807) is 6.92 Å². The molecule has 1 atom stereocenters. The molecule has 0 spiro atoms. The van der Waals surface area contributed by atoms with E-state index in [-0.39, 0.29) is 24.2 Å². The zero-order valence-electron chi connectivity index (χ0n) is 13.5. The van der Waals surface area contributed by atoms with Gasteiger partial charge in [0.15, 0.2) is 0 Å². The van der Waals surface area contributed by atoms with Crippen molar-refractivity contribution in [3.63, 3.8) is 0 Å². The lowest BCUT2D eigenvalue weighted by atomic mass is 9.99. The highest BCUT2D eigenvalue weighted by Gasteiger charge is 2.13. The van der Waals surface area contributed by atoms with E-state index in [1.807, 2.05) is 31.2 Å². The van der Waals surface area contributed by atoms with Crippen molar-refractivity contribution in [2.24, 2.45) is 5.92 Å². The average Bonchev–Trinajstić information content (AvgIpc) is 2.53. The summed E-state index contributed by atoms with van der Waals surface area (Å²) >= 11 is 0. The minimum Gasteiger partial charge on any atom is -0.396 e. The minimum atomic E-state index is -0.355. The van der Waals surface area contributed by atoms with Crippen LogP contribution >= 0.6 is 0 Å². The first-order chi connectivity index (χ1) is 11.0. The molecular weight excluding hydrogens is 293 g/mol. The fourth-order valence-electron chi connectivity index (χ4n) is 2.47. The number of hydrogen-bond acceptors (Lipinski definition) is 2. The monoisotopic (exact) mass is 315 g/mol. The van der Waals surface area contributed by atoms with E-state index in [0.717, 1.165) is 5.56 Å². The minimum absolute atomic E-state index is 0.00342. The van der Waals surface area contributed by atoms with E-state index in [9.17, 15) is 14.3 Å². The molecule has 0 radical (unpaired) electrons. The lowest BCUT2D eigenvalue weighted by Gasteiger charge is -2.16. The maximum Gasteiger partial charge on any atom is 0.251 e. The van der Waals surface area contributed by atoms with Crippen molar-refractivity contribution in [2.45, 2.75) is 20.3 Å². The van der Waals surface area contributed by atoms with Gasteiger partial charge in [-0.25, -0.2) is 4.39 Å². The molecule has 0 aliphatic rings. The normalized spacial score (nSPS) is 12.0. The zero-order valence-corrected chi connectivity index (χ0v) is 13.5. The fraction of sp³-hybridized carbons (Fsp3) is 0.316. The summed E-state index contributed by atoms with van der Waals surface area (Å²) in [5, 5.41) is 12.3. The van der Waals surface area contributed by atoms with E-state index < -0.39 is 0 Å². The first-order valence-corrected chi connectivity index (χ1v) is 7.70. The lowest BCUT2D eigenvalue weighted by molar-refractivity contribution is 0.0939. The van der Waals surface area contributed by atoms with Crippen LogP contribution in [0.25, 0.3) is 0 Å². The van der Waals surface area contributed by atoms with Gasteiger partial charge in [-0.1, -0.05) is 29.8 Å². The summed E-state index contributed by atoms with van der Waals surface area (Å²) in [4.78, 5) is 12.2. The Labute approximate surface area is 136 Å². The Balaban J connectivity index is 1.94. The molecule has 0 heterocycles. The quantitative estimate of drug-likeness (QED) is 0.861. The molecule has 2 aromatic rings. The molecule has 23 heavy (non-hydrogen) atoms. The third kappa shape index (κ3) is 4.89. The molecule has 0 aliphatic heterocycles. The maximum atomic E-state index is 13.1. The van der Waals surface area contributed by atoms with Gasteiger partial charge in [-0.2, -0.15) is 0 Å². The number of benzene rings is 2. The molecule has 122 valence electrons. The lowest BCUT2D eigenvalue weighted by Crippen LogP contribution is -2.32. The second-order valence-corrected chi connectivity index (χ2v) is 5.91. The van der Waals surface area contributed by atoms with Gasteiger partial charge in [0.05, 0.1) is 0 Å². The standard InChI is InChI=1S/C19H22FNO2/c1-13-3-5-15(6-4-13)10-16(12-22)11-21-19(23)18-8-7-17(20)9-14(18)2/h3-9,16,22H,10-12H2,1-2H3,(H,21,23)/t16-/m1/s1. The highest BCUT2D eigenvalue weighted by Crippen LogP contribution is 2.12. The molecule has 3 nitrogen and oxygen atoms in total. The largest absolute Gasteiger partial charge is 0.396 e. The Morgan fingerprint density at radius 3 is 2.48 bits per heavy atom. The van der Waals surface area contributed by atoms with Crippen LogP contribution in [0.15, 0.2) is 42.5 Å². The summed E-state index contributed by atoms with van der Waals surface area (Å²) in [6.45, 7) is 4.10. The van der Waals surface area contributed by atoms with E-state index in [2.05, 4.69) is 5.32 Å². The van der Waals surface area contributed by atoms with Gasteiger partial charge >= 0.3 is 0 Å². The summed E-state index contributed by atoms with van der Waals surface area (Å²) in [6.07, 6.45) is 0.694. The van der Waals surface area contributed by atoms with Crippen molar-refractivity contribution in [3.05, 3.63) is 70.5 Å². The van der Waals surface area contributed by atoms with Gasteiger partial charge < -0.3 is 10.4 Å². The van der Waals surface area contributed by atoms with Crippen LogP contribution in [0.4, 0.5) is 4.39 Å². The summed E-state index contributed by atoms with van der Waals surface area (Å²) in [7, 11) is 0. The van der Waals surface area contributed by atoms with Crippen LogP contribution in [0.1, 0.15) is 27.0 Å². The first-order valence-electron chi connectivity index (χ1n) is 7.70. The van der Waals surface area contributed by atoms with Gasteiger partial charge in [0.25, 0.3) is 5.91 Å². The third-order valence-electron chi connectivity index (χ3n) is 3.89. The molecule has 0 aromatic heterocycles. The molecule has 0 aliphatic carbocycles. The number of amides is 1. The molecule has 1 amide bonds. The predicted molar refractivity (Wildman–Crippen MR) is 88.9 cm³/mol. The second kappa shape index (κ2) is 7.88. The second-order valence-electron chi connectivity index (χ2n) is 5.91. The van der Waals surface area contributed by atoms with Crippen LogP contribution in [0.5, 0.6) is 0 Å². The van der Waals surface area contributed by atoms with E-state index >= 15 is 0 Å². The van der Waals surface area contributed by atoms with Crippen molar-refractivity contribution in [3.8, 4) is 0 Å². The number of aliphatic hydroxyl groups excluding tert-OH is 1. The topological polar surface area (TPSA) is 49.3 Å². The molecule has 2 aromatic carbocycles. The zero-order chi connectivity index (χ0) is 16.8. The number of aliphatic hydroxyl groups is 1. The van der Waals surface area contributed by atoms with Gasteiger partial charge in [0.2, 0.25) is 0 Å². The number of carbonyl (C=O) groups excluding carboxylic acids is 1. The first kappa shape index (κ1) is 17.2. The molecule has 0 fully saturated rings. The average molecular weight is 315 g/mol. The number of nitrogens with one attached hydrogen (secondary N) is 1. The van der Waals surface area contributed by atoms with Crippen molar-refractivity contribution in [1.82, 2.24) is 5.32 Å². The maximum absolute atomic E-state index is 13.1. The van der Waals surface area contributed by atoms with Gasteiger partial charge in [-0.15, -0.1) is 0 Å². The Hall–Kier alpha value is -2.20. The van der Waals surface area contributed by atoms with Gasteiger partial charge in [-0.05, 0) is 49.6 Å². The van der Waals surface area contributed by atoms with Gasteiger partial charge in [-0.3, -0.25) is 4.79 Å². The summed E-state index contributed by atoms with van der Waals surface area (Å²) in [6, 6.07) is 12.2. The van der Waals surface area contributed by atoms with E-state index in [0.29, 0.717) is 24.1 Å². The van der Waals surface area contributed by atoms with Crippen LogP contribution < -0.4 is 5.32 Å². The van der Waals surface area contributed by atoms with Crippen molar-refractivity contribution < 1.29 is 14.3 Å². The smallest absolute Gasteiger partial charge is 0.251 e. The Bertz CT molecular complexity index is 668. The van der Waals surface area contributed by atoms with Gasteiger partial charge in [0.1, 0.15) is 5.82 Å². The highest BCUT2D eigenvalue weighted by atomic mass is 19.1. The predicted octanol–water partition coefficient (Wildman–Crippen LogP) is 3.02. The third-order valence-corrected chi connectivity index (χ3v) is 3.89. The number of rotatable bonds is 6. The van der Waals surface area contributed by atoms with Crippen LogP contribution in [-0.2, 0) is 6.42 Å². The molecule has 0 saturated carbocycles. The number of carbonyl (C=O) groups is 1. The van der Waals surface area contributed by atoms with Crippen LogP contribution in [0.3, 0.4) is 0 Å². The van der Waals surface area contributed by atoms with Crippen molar-refractivity contribution in [1.29, 1.82) is 0 Å². The van der Waals surface area contributed by atoms with Crippen molar-refractivity contribution >= 4 is 5.91 Å². The van der Waals surface area contributed by atoms with E-state index in [1.165, 1.54) is 23.8 Å². The van der Waals surface area contributed by atoms with Crippen LogP contribution in [0, 0.1) is 25.6 Å². The summed E-state index contributed by atoms with van der Waals surface area (Å²) < 4.78 is 13.1. The fourth-order valence-corrected chi connectivity index (χ4v) is 2.47. The molecule has 2 N–H and O–H groups in total. The van der Waals surface area contributed by atoms with Crippen molar-refractivity contribution in [2.75, 3.05) is 13.2 Å². The number of aryl methyl sites for hydroxylation is 2. The Morgan fingerprint density at radius 2 is 1.87 bits per heavy atom.